The van der Waals surface area contributed by atoms with Gasteiger partial charge in [-0.15, -0.1) is 5.10 Å². The van der Waals surface area contributed by atoms with Gasteiger partial charge in [-0.1, -0.05) is 33.8 Å². The number of hydrogen-bond acceptors (Lipinski definition) is 9. The molecule has 0 unspecified atom stereocenters. The Kier molecular flexibility index (Phi) is 10.3. The fraction of sp³-hybridized carbons (Fsp3) is 0.379. The molecular formula is C29H39N5O6S. The maximum absolute atomic E-state index is 13.5. The van der Waals surface area contributed by atoms with Crippen molar-refractivity contribution in [1.29, 1.82) is 0 Å². The van der Waals surface area contributed by atoms with Crippen molar-refractivity contribution in [1.82, 2.24) is 10.3 Å². The van der Waals surface area contributed by atoms with Gasteiger partial charge >= 0.3 is 0 Å². The van der Waals surface area contributed by atoms with Crippen molar-refractivity contribution in [3.8, 4) is 17.2 Å². The molecule has 0 radical (unpaired) electrons. The molecule has 41 heavy (non-hydrogen) atoms. The summed E-state index contributed by atoms with van der Waals surface area (Å²) in [5.74, 6) is 1.16. The van der Waals surface area contributed by atoms with Gasteiger partial charge in [-0.2, -0.15) is 0 Å². The maximum Gasteiger partial charge on any atom is 0.277 e. The van der Waals surface area contributed by atoms with Gasteiger partial charge in [0.05, 0.1) is 36.5 Å². The van der Waals surface area contributed by atoms with Gasteiger partial charge in [0.2, 0.25) is 0 Å². The molecule has 0 aromatic heterocycles. The number of amidine groups is 1. The molecule has 12 heteroatoms. The van der Waals surface area contributed by atoms with E-state index in [0.717, 1.165) is 6.42 Å². The molecule has 0 saturated heterocycles. The number of rotatable bonds is 13. The lowest BCUT2D eigenvalue weighted by Crippen LogP contribution is -2.44. The molecule has 0 bridgehead atoms. The minimum atomic E-state index is -4.08. The van der Waals surface area contributed by atoms with Crippen LogP contribution in [0, 0.1) is 5.92 Å². The SMILES string of the molecule is C=C(CCC)N1N=C(c2cc(S(=O)(=O)Nc3ccc(OCC(C)C)c(OC)c3)ccc2OCC)NC(=O)/C1=C(\C)N. The van der Waals surface area contributed by atoms with E-state index in [1.165, 1.54) is 30.3 Å². The molecule has 2 aromatic carbocycles. The zero-order valence-corrected chi connectivity index (χ0v) is 25.2. The standard InChI is InChI=1S/C29H39N5O6S/c1-8-10-19(5)34-27(20(6)30)29(35)31-28(32-34)23-16-22(12-14-24(23)39-9-2)41(36,37)33-21-11-13-25(26(15-21)38-7)40-17-18(3)4/h11-16,18,33H,5,8-10,17,30H2,1-4,6-7H3,(H,31,32,35)/b27-20-. The van der Waals surface area contributed by atoms with E-state index in [2.05, 4.69) is 21.7 Å². The predicted octanol–water partition coefficient (Wildman–Crippen LogP) is 4.53. The lowest BCUT2D eigenvalue weighted by atomic mass is 10.1. The van der Waals surface area contributed by atoms with Crippen LogP contribution in [0.25, 0.3) is 0 Å². The Bertz CT molecular complexity index is 1460. The van der Waals surface area contributed by atoms with Gasteiger partial charge in [-0.05, 0) is 56.5 Å². The Balaban J connectivity index is 2.03. The van der Waals surface area contributed by atoms with Gasteiger partial charge in [-0.3, -0.25) is 9.52 Å². The first kappa shape index (κ1) is 31.3. The van der Waals surface area contributed by atoms with Gasteiger partial charge in [0.1, 0.15) is 11.4 Å². The molecule has 0 spiro atoms. The number of nitrogens with one attached hydrogen (secondary N) is 2. The van der Waals surface area contributed by atoms with Gasteiger partial charge in [0.15, 0.2) is 17.3 Å². The van der Waals surface area contributed by atoms with Crippen LogP contribution in [-0.4, -0.2) is 45.5 Å². The normalized spacial score (nSPS) is 14.8. The van der Waals surface area contributed by atoms with Crippen LogP contribution in [0.1, 0.15) is 53.0 Å². The molecule has 2 aromatic rings. The summed E-state index contributed by atoms with van der Waals surface area (Å²) in [6, 6.07) is 9.13. The summed E-state index contributed by atoms with van der Waals surface area (Å²) in [6.45, 7) is 14.3. The summed E-state index contributed by atoms with van der Waals surface area (Å²) in [7, 11) is -2.59. The number of carbonyl (C=O) groups is 1. The van der Waals surface area contributed by atoms with Crippen molar-refractivity contribution in [3.63, 3.8) is 0 Å². The minimum Gasteiger partial charge on any atom is -0.493 e. The highest BCUT2D eigenvalue weighted by atomic mass is 32.2. The third-order valence-electron chi connectivity index (χ3n) is 5.87. The monoisotopic (exact) mass is 585 g/mol. The Hall–Kier alpha value is -4.19. The van der Waals surface area contributed by atoms with E-state index in [9.17, 15) is 13.2 Å². The molecular weight excluding hydrogens is 546 g/mol. The number of anilines is 1. The first-order valence-electron chi connectivity index (χ1n) is 13.4. The number of benzene rings is 2. The van der Waals surface area contributed by atoms with Crippen LogP contribution in [0.3, 0.4) is 0 Å². The van der Waals surface area contributed by atoms with E-state index in [0.29, 0.717) is 48.5 Å². The van der Waals surface area contributed by atoms with Crippen LogP contribution in [0.15, 0.2) is 70.1 Å². The largest absolute Gasteiger partial charge is 0.493 e. The van der Waals surface area contributed by atoms with E-state index in [4.69, 9.17) is 19.9 Å². The van der Waals surface area contributed by atoms with Crippen molar-refractivity contribution in [2.75, 3.05) is 25.0 Å². The Morgan fingerprint density at radius 1 is 1.12 bits per heavy atom. The zero-order valence-electron chi connectivity index (χ0n) is 24.4. The Labute approximate surface area is 242 Å². The second-order valence-corrected chi connectivity index (χ2v) is 11.5. The molecule has 222 valence electrons. The predicted molar refractivity (Wildman–Crippen MR) is 159 cm³/mol. The highest BCUT2D eigenvalue weighted by Gasteiger charge is 2.30. The molecule has 1 aliphatic rings. The number of methoxy groups -OCH3 is 1. The maximum atomic E-state index is 13.5. The van der Waals surface area contributed by atoms with Crippen LogP contribution in [-0.2, 0) is 14.8 Å². The highest BCUT2D eigenvalue weighted by molar-refractivity contribution is 7.92. The van der Waals surface area contributed by atoms with Crippen molar-refractivity contribution in [2.24, 2.45) is 16.8 Å². The van der Waals surface area contributed by atoms with Crippen molar-refractivity contribution in [3.05, 3.63) is 65.6 Å². The van der Waals surface area contributed by atoms with Gasteiger partial charge in [0, 0.05) is 17.5 Å². The van der Waals surface area contributed by atoms with Crippen molar-refractivity contribution < 1.29 is 27.4 Å². The van der Waals surface area contributed by atoms with Gasteiger partial charge in [-0.25, -0.2) is 13.4 Å². The van der Waals surface area contributed by atoms with Gasteiger partial charge < -0.3 is 25.3 Å². The Morgan fingerprint density at radius 2 is 1.83 bits per heavy atom. The lowest BCUT2D eigenvalue weighted by Gasteiger charge is -2.30. The van der Waals surface area contributed by atoms with Crippen molar-refractivity contribution >= 4 is 27.5 Å². The number of ether oxygens (including phenoxy) is 3. The molecule has 11 nitrogen and oxygen atoms in total. The quantitative estimate of drug-likeness (QED) is 0.291. The third-order valence-corrected chi connectivity index (χ3v) is 7.25. The fourth-order valence-electron chi connectivity index (χ4n) is 3.99. The molecule has 1 heterocycles. The van der Waals surface area contributed by atoms with Crippen LogP contribution in [0.2, 0.25) is 0 Å². The average Bonchev–Trinajstić information content (AvgIpc) is 2.91. The molecule has 0 fully saturated rings. The minimum absolute atomic E-state index is 0.0673. The molecule has 0 atom stereocenters. The van der Waals surface area contributed by atoms with E-state index < -0.39 is 15.9 Å². The van der Waals surface area contributed by atoms with Crippen LogP contribution in [0.4, 0.5) is 5.69 Å². The second kappa shape index (κ2) is 13.4. The molecule has 0 saturated carbocycles. The third kappa shape index (κ3) is 7.51. The molecule has 3 rings (SSSR count). The number of allylic oxidation sites excluding steroid dienone is 2. The smallest absolute Gasteiger partial charge is 0.277 e. The highest BCUT2D eigenvalue weighted by Crippen LogP contribution is 2.33. The number of amides is 1. The summed E-state index contributed by atoms with van der Waals surface area (Å²) in [6.07, 6.45) is 1.35. The van der Waals surface area contributed by atoms with Crippen LogP contribution >= 0.6 is 0 Å². The summed E-state index contributed by atoms with van der Waals surface area (Å²) >= 11 is 0. The first-order valence-corrected chi connectivity index (χ1v) is 14.8. The molecule has 0 aliphatic carbocycles. The molecule has 1 aliphatic heterocycles. The van der Waals surface area contributed by atoms with Crippen LogP contribution in [0.5, 0.6) is 17.2 Å². The van der Waals surface area contributed by atoms with E-state index in [1.807, 2.05) is 20.8 Å². The number of sulfonamides is 1. The average molecular weight is 586 g/mol. The van der Waals surface area contributed by atoms with Crippen molar-refractivity contribution in [2.45, 2.75) is 52.4 Å². The number of hydrogen-bond donors (Lipinski definition) is 3. The number of hydrazone groups is 1. The van der Waals surface area contributed by atoms with E-state index in [1.54, 1.807) is 32.0 Å². The van der Waals surface area contributed by atoms with E-state index in [-0.39, 0.29) is 33.4 Å². The Morgan fingerprint density at radius 3 is 2.44 bits per heavy atom. The summed E-state index contributed by atoms with van der Waals surface area (Å²) < 4.78 is 46.4. The molecule has 1 amide bonds. The molecule has 4 N–H and O–H groups in total. The number of nitrogens with zero attached hydrogens (tertiary/aromatic N) is 2. The topological polar surface area (TPSA) is 145 Å². The first-order chi connectivity index (χ1) is 19.4. The summed E-state index contributed by atoms with van der Waals surface area (Å²) in [4.78, 5) is 13.0. The second-order valence-electron chi connectivity index (χ2n) is 9.83. The summed E-state index contributed by atoms with van der Waals surface area (Å²) in [5.41, 5.74) is 7.55. The number of nitrogens with two attached hydrogens (primary N) is 1. The fourth-order valence-corrected chi connectivity index (χ4v) is 5.07. The lowest BCUT2D eigenvalue weighted by molar-refractivity contribution is -0.118. The summed E-state index contributed by atoms with van der Waals surface area (Å²) in [5, 5.41) is 8.72. The van der Waals surface area contributed by atoms with Crippen LogP contribution < -0.4 is 30.0 Å². The van der Waals surface area contributed by atoms with Gasteiger partial charge in [0.25, 0.3) is 15.9 Å². The van der Waals surface area contributed by atoms with E-state index >= 15 is 0 Å². The number of carbonyl (C=O) groups excluding carboxylic acids is 1. The zero-order chi connectivity index (χ0) is 30.3.